The van der Waals surface area contributed by atoms with Crippen molar-refractivity contribution in [2.45, 2.75) is 31.8 Å². The molecule has 0 radical (unpaired) electrons. The molecule has 1 atom stereocenters. The maximum atomic E-state index is 13.0. The molecule has 1 aromatic rings. The van der Waals surface area contributed by atoms with Crippen LogP contribution < -0.4 is 0 Å². The second-order valence-electron chi connectivity index (χ2n) is 3.82. The summed E-state index contributed by atoms with van der Waals surface area (Å²) in [6, 6.07) is 5.87. The van der Waals surface area contributed by atoms with Crippen molar-refractivity contribution in [1.29, 1.82) is 0 Å². The number of aliphatic carboxylic acids is 1. The third-order valence-electron chi connectivity index (χ3n) is 2.46. The van der Waals surface area contributed by atoms with Gasteiger partial charge in [0.15, 0.2) is 6.10 Å². The van der Waals surface area contributed by atoms with E-state index >= 15 is 0 Å². The number of alkyl halides is 2. The molecule has 5 heteroatoms. The van der Waals surface area contributed by atoms with Crippen molar-refractivity contribution in [3.63, 3.8) is 0 Å². The Morgan fingerprint density at radius 1 is 1.35 bits per heavy atom. The van der Waals surface area contributed by atoms with E-state index in [1.807, 2.05) is 6.92 Å². The molecule has 0 saturated carbocycles. The van der Waals surface area contributed by atoms with Crippen LogP contribution in [-0.2, 0) is 11.2 Å². The molecule has 0 aliphatic carbocycles. The average molecular weight is 244 g/mol. The van der Waals surface area contributed by atoms with Gasteiger partial charge in [-0.1, -0.05) is 37.6 Å². The van der Waals surface area contributed by atoms with Gasteiger partial charge in [-0.2, -0.15) is 8.78 Å². The standard InChI is InChI=1S/C12H14F2O3/c1-2-3-8-4-6-9(7-5-8)10(15)12(13,14)11(16)17/h4-7,10,15H,2-3H2,1H3,(H,16,17). The molecule has 1 unspecified atom stereocenters. The van der Waals surface area contributed by atoms with Crippen LogP contribution in [0.1, 0.15) is 30.6 Å². The van der Waals surface area contributed by atoms with Gasteiger partial charge in [-0.15, -0.1) is 0 Å². The number of aliphatic hydroxyl groups is 1. The van der Waals surface area contributed by atoms with E-state index in [0.717, 1.165) is 18.4 Å². The fourth-order valence-electron chi connectivity index (χ4n) is 1.48. The fourth-order valence-corrected chi connectivity index (χ4v) is 1.48. The summed E-state index contributed by atoms with van der Waals surface area (Å²) in [6.07, 6.45) is -0.588. The lowest BCUT2D eigenvalue weighted by atomic mass is 10.0. The number of carbonyl (C=O) groups is 1. The predicted molar refractivity (Wildman–Crippen MR) is 58.0 cm³/mol. The van der Waals surface area contributed by atoms with Gasteiger partial charge in [0, 0.05) is 0 Å². The third-order valence-corrected chi connectivity index (χ3v) is 2.46. The lowest BCUT2D eigenvalue weighted by Gasteiger charge is -2.18. The summed E-state index contributed by atoms with van der Waals surface area (Å²) in [4.78, 5) is 10.3. The van der Waals surface area contributed by atoms with Crippen molar-refractivity contribution in [1.82, 2.24) is 0 Å². The van der Waals surface area contributed by atoms with E-state index in [-0.39, 0.29) is 5.56 Å². The number of carboxylic acids is 1. The van der Waals surface area contributed by atoms with Gasteiger partial charge >= 0.3 is 11.9 Å². The molecule has 0 aliphatic rings. The van der Waals surface area contributed by atoms with Gasteiger partial charge in [0.05, 0.1) is 0 Å². The topological polar surface area (TPSA) is 57.5 Å². The number of aryl methyl sites for hydroxylation is 1. The van der Waals surface area contributed by atoms with Crippen LogP contribution in [0.3, 0.4) is 0 Å². The summed E-state index contributed by atoms with van der Waals surface area (Å²) in [6.45, 7) is 1.99. The van der Waals surface area contributed by atoms with Gasteiger partial charge in [0.2, 0.25) is 0 Å². The van der Waals surface area contributed by atoms with Crippen molar-refractivity contribution in [2.24, 2.45) is 0 Å². The molecule has 0 heterocycles. The molecule has 1 rings (SSSR count). The molecule has 1 aromatic carbocycles. The summed E-state index contributed by atoms with van der Waals surface area (Å²) >= 11 is 0. The van der Waals surface area contributed by atoms with Crippen molar-refractivity contribution in [2.75, 3.05) is 0 Å². The Hall–Kier alpha value is -1.49. The first-order valence-corrected chi connectivity index (χ1v) is 5.27. The number of aliphatic hydroxyl groups excluding tert-OH is 1. The molecule has 94 valence electrons. The lowest BCUT2D eigenvalue weighted by molar-refractivity contribution is -0.182. The second kappa shape index (κ2) is 5.23. The number of benzene rings is 1. The molecule has 0 aliphatic heterocycles. The summed E-state index contributed by atoms with van der Waals surface area (Å²) in [5.74, 6) is -6.51. The van der Waals surface area contributed by atoms with Crippen LogP contribution in [0.15, 0.2) is 24.3 Å². The molecule has 0 bridgehead atoms. The van der Waals surface area contributed by atoms with Crippen LogP contribution >= 0.6 is 0 Å². The summed E-state index contributed by atoms with van der Waals surface area (Å²) in [7, 11) is 0. The fraction of sp³-hybridized carbons (Fsp3) is 0.417. The maximum Gasteiger partial charge on any atom is 0.377 e. The van der Waals surface area contributed by atoms with E-state index in [1.165, 1.54) is 12.1 Å². The van der Waals surface area contributed by atoms with E-state index in [0.29, 0.717) is 0 Å². The van der Waals surface area contributed by atoms with Gasteiger partial charge < -0.3 is 10.2 Å². The highest BCUT2D eigenvalue weighted by atomic mass is 19.3. The quantitative estimate of drug-likeness (QED) is 0.836. The van der Waals surface area contributed by atoms with Crippen molar-refractivity contribution >= 4 is 5.97 Å². The first kappa shape index (κ1) is 13.6. The highest BCUT2D eigenvalue weighted by Crippen LogP contribution is 2.31. The Morgan fingerprint density at radius 2 is 1.88 bits per heavy atom. The number of hydrogen-bond acceptors (Lipinski definition) is 2. The molecule has 0 aromatic heterocycles. The summed E-state index contributed by atoms with van der Waals surface area (Å²) in [5, 5.41) is 17.6. The van der Waals surface area contributed by atoms with Crippen LogP contribution in [-0.4, -0.2) is 22.1 Å². The van der Waals surface area contributed by atoms with Crippen LogP contribution in [0.5, 0.6) is 0 Å². The van der Waals surface area contributed by atoms with Gasteiger partial charge in [-0.25, -0.2) is 4.79 Å². The third kappa shape index (κ3) is 3.00. The highest BCUT2D eigenvalue weighted by Gasteiger charge is 2.47. The Morgan fingerprint density at radius 3 is 2.29 bits per heavy atom. The molecular formula is C12H14F2O3. The van der Waals surface area contributed by atoms with Gasteiger partial charge in [0.25, 0.3) is 0 Å². The SMILES string of the molecule is CCCc1ccc(C(O)C(F)(F)C(=O)O)cc1. The highest BCUT2D eigenvalue weighted by molar-refractivity contribution is 5.76. The predicted octanol–water partition coefficient (Wildman–Crippen LogP) is 2.39. The van der Waals surface area contributed by atoms with E-state index in [1.54, 1.807) is 12.1 Å². The minimum absolute atomic E-state index is 0.0998. The molecule has 0 saturated heterocycles. The van der Waals surface area contributed by atoms with Gasteiger partial charge in [0.1, 0.15) is 0 Å². The van der Waals surface area contributed by atoms with Crippen LogP contribution in [0, 0.1) is 0 Å². The van der Waals surface area contributed by atoms with Gasteiger partial charge in [-0.05, 0) is 17.5 Å². The minimum Gasteiger partial charge on any atom is -0.477 e. The molecule has 17 heavy (non-hydrogen) atoms. The lowest BCUT2D eigenvalue weighted by Crippen LogP contribution is -2.35. The average Bonchev–Trinajstić information content (AvgIpc) is 2.29. The molecule has 3 nitrogen and oxygen atoms in total. The smallest absolute Gasteiger partial charge is 0.377 e. The molecule has 0 spiro atoms. The van der Waals surface area contributed by atoms with E-state index in [4.69, 9.17) is 5.11 Å². The van der Waals surface area contributed by atoms with Crippen molar-refractivity contribution in [3.05, 3.63) is 35.4 Å². The Bertz CT molecular complexity index is 387. The molecule has 2 N–H and O–H groups in total. The Labute approximate surface area is 97.7 Å². The summed E-state index contributed by atoms with van der Waals surface area (Å²) < 4.78 is 26.0. The number of halogens is 2. The Kier molecular flexibility index (Phi) is 4.17. The zero-order valence-corrected chi connectivity index (χ0v) is 9.36. The number of carboxylic acid groups (broad SMARTS) is 1. The Balaban J connectivity index is 2.90. The normalized spacial score (nSPS) is 13.4. The van der Waals surface area contributed by atoms with Crippen LogP contribution in [0.25, 0.3) is 0 Å². The van der Waals surface area contributed by atoms with Crippen LogP contribution in [0.2, 0.25) is 0 Å². The van der Waals surface area contributed by atoms with Crippen molar-refractivity contribution < 1.29 is 23.8 Å². The number of hydrogen-bond donors (Lipinski definition) is 2. The monoisotopic (exact) mass is 244 g/mol. The molecule has 0 fully saturated rings. The van der Waals surface area contributed by atoms with E-state index in [2.05, 4.69) is 0 Å². The number of rotatable bonds is 5. The first-order valence-electron chi connectivity index (χ1n) is 5.27. The molecular weight excluding hydrogens is 230 g/mol. The maximum absolute atomic E-state index is 13.0. The van der Waals surface area contributed by atoms with Crippen molar-refractivity contribution in [3.8, 4) is 0 Å². The first-order chi connectivity index (χ1) is 7.89. The second-order valence-corrected chi connectivity index (χ2v) is 3.82. The van der Waals surface area contributed by atoms with E-state index in [9.17, 15) is 18.7 Å². The zero-order chi connectivity index (χ0) is 13.1. The molecule has 0 amide bonds. The zero-order valence-electron chi connectivity index (χ0n) is 9.36. The van der Waals surface area contributed by atoms with E-state index < -0.39 is 18.0 Å². The van der Waals surface area contributed by atoms with Gasteiger partial charge in [-0.3, -0.25) is 0 Å². The largest absolute Gasteiger partial charge is 0.477 e. The van der Waals surface area contributed by atoms with Crippen LogP contribution in [0.4, 0.5) is 8.78 Å². The summed E-state index contributed by atoms with van der Waals surface area (Å²) in [5.41, 5.74) is 0.861. The minimum atomic E-state index is -4.17.